The maximum absolute atomic E-state index is 12.1. The van der Waals surface area contributed by atoms with Gasteiger partial charge in [0, 0.05) is 12.1 Å². The van der Waals surface area contributed by atoms with Crippen molar-refractivity contribution in [1.82, 2.24) is 5.32 Å². The van der Waals surface area contributed by atoms with Crippen LogP contribution in [0.2, 0.25) is 0 Å². The van der Waals surface area contributed by atoms with Gasteiger partial charge in [0.15, 0.2) is 0 Å². The highest BCUT2D eigenvalue weighted by Gasteiger charge is 2.05. The summed E-state index contributed by atoms with van der Waals surface area (Å²) in [5.41, 5.74) is 1.76. The van der Waals surface area contributed by atoms with E-state index in [0.717, 1.165) is 23.5 Å². The minimum atomic E-state index is -0.0778. The van der Waals surface area contributed by atoms with E-state index >= 15 is 0 Å². The molecule has 0 unspecified atom stereocenters. The number of ether oxygens (including phenoxy) is 2. The highest BCUT2D eigenvalue weighted by molar-refractivity contribution is 5.94. The van der Waals surface area contributed by atoms with Gasteiger partial charge in [-0.1, -0.05) is 12.1 Å². The van der Waals surface area contributed by atoms with Crippen LogP contribution >= 0.6 is 0 Å². The van der Waals surface area contributed by atoms with Gasteiger partial charge in [-0.25, -0.2) is 0 Å². The normalized spacial score (nSPS) is 10.1. The minimum absolute atomic E-state index is 0.0778. The summed E-state index contributed by atoms with van der Waals surface area (Å²) < 4.78 is 10.5. The smallest absolute Gasteiger partial charge is 0.251 e. The van der Waals surface area contributed by atoms with Gasteiger partial charge < -0.3 is 14.8 Å². The molecule has 2 aromatic rings. The summed E-state index contributed by atoms with van der Waals surface area (Å²) >= 11 is 0. The molecule has 22 heavy (non-hydrogen) atoms. The second kappa shape index (κ2) is 8.08. The molecular formula is C18H21NO3. The molecule has 0 atom stereocenters. The number of rotatable bonds is 7. The van der Waals surface area contributed by atoms with Crippen molar-refractivity contribution in [3.05, 3.63) is 59.7 Å². The topological polar surface area (TPSA) is 47.6 Å². The molecule has 0 saturated carbocycles. The summed E-state index contributed by atoms with van der Waals surface area (Å²) in [6.45, 7) is 3.13. The van der Waals surface area contributed by atoms with E-state index in [2.05, 4.69) is 5.32 Å². The van der Waals surface area contributed by atoms with Crippen molar-refractivity contribution < 1.29 is 14.3 Å². The van der Waals surface area contributed by atoms with Crippen molar-refractivity contribution in [2.75, 3.05) is 20.3 Å². The molecule has 116 valence electrons. The third-order valence-electron chi connectivity index (χ3n) is 3.26. The van der Waals surface area contributed by atoms with Crippen molar-refractivity contribution in [3.63, 3.8) is 0 Å². The van der Waals surface area contributed by atoms with Gasteiger partial charge in [-0.05, 0) is 55.3 Å². The summed E-state index contributed by atoms with van der Waals surface area (Å²) in [6.07, 6.45) is 0.764. The number of hydrogen-bond acceptors (Lipinski definition) is 3. The van der Waals surface area contributed by atoms with Crippen LogP contribution < -0.4 is 14.8 Å². The Labute approximate surface area is 131 Å². The highest BCUT2D eigenvalue weighted by atomic mass is 16.5. The maximum Gasteiger partial charge on any atom is 0.251 e. The number of benzene rings is 2. The van der Waals surface area contributed by atoms with Crippen molar-refractivity contribution in [2.45, 2.75) is 13.3 Å². The van der Waals surface area contributed by atoms with Crippen LogP contribution in [0.15, 0.2) is 48.5 Å². The van der Waals surface area contributed by atoms with Crippen LogP contribution in [0.3, 0.4) is 0 Å². The molecule has 0 spiro atoms. The first-order chi connectivity index (χ1) is 10.7. The van der Waals surface area contributed by atoms with E-state index < -0.39 is 0 Å². The van der Waals surface area contributed by atoms with Crippen molar-refractivity contribution in [1.29, 1.82) is 0 Å². The van der Waals surface area contributed by atoms with Gasteiger partial charge in [-0.3, -0.25) is 4.79 Å². The maximum atomic E-state index is 12.1. The van der Waals surface area contributed by atoms with Crippen molar-refractivity contribution >= 4 is 5.91 Å². The predicted octanol–water partition coefficient (Wildman–Crippen LogP) is 3.07. The lowest BCUT2D eigenvalue weighted by molar-refractivity contribution is 0.0954. The van der Waals surface area contributed by atoms with Crippen LogP contribution in [-0.2, 0) is 6.42 Å². The zero-order valence-electron chi connectivity index (χ0n) is 13.0. The average molecular weight is 299 g/mol. The van der Waals surface area contributed by atoms with E-state index in [1.807, 2.05) is 31.2 Å². The number of methoxy groups -OCH3 is 1. The third kappa shape index (κ3) is 4.52. The van der Waals surface area contributed by atoms with Crippen LogP contribution in [0, 0.1) is 0 Å². The molecule has 0 aliphatic heterocycles. The fourth-order valence-corrected chi connectivity index (χ4v) is 2.12. The van der Waals surface area contributed by atoms with Gasteiger partial charge in [0.05, 0.1) is 13.7 Å². The molecule has 0 radical (unpaired) electrons. The van der Waals surface area contributed by atoms with Crippen LogP contribution in [0.5, 0.6) is 11.5 Å². The third-order valence-corrected chi connectivity index (χ3v) is 3.26. The molecule has 0 fully saturated rings. The average Bonchev–Trinajstić information content (AvgIpc) is 2.56. The zero-order valence-corrected chi connectivity index (χ0v) is 13.0. The lowest BCUT2D eigenvalue weighted by atomic mass is 10.1. The largest absolute Gasteiger partial charge is 0.497 e. The first-order valence-electron chi connectivity index (χ1n) is 7.37. The van der Waals surface area contributed by atoms with E-state index in [1.54, 1.807) is 31.4 Å². The fourth-order valence-electron chi connectivity index (χ4n) is 2.12. The summed E-state index contributed by atoms with van der Waals surface area (Å²) in [5, 5.41) is 2.92. The Morgan fingerprint density at radius 3 is 2.55 bits per heavy atom. The molecule has 0 heterocycles. The molecule has 4 heteroatoms. The lowest BCUT2D eigenvalue weighted by Gasteiger charge is -2.08. The first-order valence-corrected chi connectivity index (χ1v) is 7.37. The summed E-state index contributed by atoms with van der Waals surface area (Å²) in [5.74, 6) is 1.52. The van der Waals surface area contributed by atoms with Gasteiger partial charge in [0.2, 0.25) is 0 Å². The Kier molecular flexibility index (Phi) is 5.83. The number of carbonyl (C=O) groups is 1. The van der Waals surface area contributed by atoms with Crippen LogP contribution in [0.4, 0.5) is 0 Å². The Hall–Kier alpha value is -2.49. The van der Waals surface area contributed by atoms with Gasteiger partial charge in [-0.2, -0.15) is 0 Å². The standard InChI is InChI=1S/C18H21NO3/c1-3-22-16-9-7-15(8-10-16)18(20)19-12-11-14-5-4-6-17(13-14)21-2/h4-10,13H,3,11-12H2,1-2H3,(H,19,20). The Morgan fingerprint density at radius 1 is 1.09 bits per heavy atom. The lowest BCUT2D eigenvalue weighted by Crippen LogP contribution is -2.25. The predicted molar refractivity (Wildman–Crippen MR) is 86.6 cm³/mol. The van der Waals surface area contributed by atoms with E-state index in [4.69, 9.17) is 9.47 Å². The summed E-state index contributed by atoms with van der Waals surface area (Å²) in [6, 6.07) is 15.0. The molecule has 1 N–H and O–H groups in total. The fraction of sp³-hybridized carbons (Fsp3) is 0.278. The van der Waals surface area contributed by atoms with Crippen molar-refractivity contribution in [3.8, 4) is 11.5 Å². The quantitative estimate of drug-likeness (QED) is 0.854. The number of carbonyl (C=O) groups excluding carboxylic acids is 1. The van der Waals surface area contributed by atoms with E-state index in [-0.39, 0.29) is 5.91 Å². The second-order valence-electron chi connectivity index (χ2n) is 4.81. The molecule has 0 aliphatic rings. The number of nitrogens with one attached hydrogen (secondary N) is 1. The molecule has 2 aromatic carbocycles. The summed E-state index contributed by atoms with van der Waals surface area (Å²) in [7, 11) is 1.65. The first kappa shape index (κ1) is 15.9. The zero-order chi connectivity index (χ0) is 15.8. The van der Waals surface area contributed by atoms with Gasteiger partial charge in [0.1, 0.15) is 11.5 Å². The van der Waals surface area contributed by atoms with Crippen molar-refractivity contribution in [2.24, 2.45) is 0 Å². The summed E-state index contributed by atoms with van der Waals surface area (Å²) in [4.78, 5) is 12.1. The van der Waals surface area contributed by atoms with Crippen LogP contribution in [-0.4, -0.2) is 26.2 Å². The molecule has 0 aromatic heterocycles. The minimum Gasteiger partial charge on any atom is -0.497 e. The monoisotopic (exact) mass is 299 g/mol. The molecular weight excluding hydrogens is 278 g/mol. The molecule has 2 rings (SSSR count). The van der Waals surface area contributed by atoms with Gasteiger partial charge in [-0.15, -0.1) is 0 Å². The Morgan fingerprint density at radius 2 is 1.86 bits per heavy atom. The second-order valence-corrected chi connectivity index (χ2v) is 4.81. The molecule has 0 bridgehead atoms. The van der Waals surface area contributed by atoms with Crippen LogP contribution in [0.25, 0.3) is 0 Å². The van der Waals surface area contributed by atoms with Gasteiger partial charge in [0.25, 0.3) is 5.91 Å². The highest BCUT2D eigenvalue weighted by Crippen LogP contribution is 2.13. The van der Waals surface area contributed by atoms with E-state index in [9.17, 15) is 4.79 Å². The molecule has 4 nitrogen and oxygen atoms in total. The number of amides is 1. The Bertz CT molecular complexity index is 608. The van der Waals surface area contributed by atoms with Crippen LogP contribution in [0.1, 0.15) is 22.8 Å². The van der Waals surface area contributed by atoms with E-state index in [1.165, 1.54) is 0 Å². The van der Waals surface area contributed by atoms with Gasteiger partial charge >= 0.3 is 0 Å². The SMILES string of the molecule is CCOc1ccc(C(=O)NCCc2cccc(OC)c2)cc1. The molecule has 1 amide bonds. The number of hydrogen-bond donors (Lipinski definition) is 1. The molecule has 0 aliphatic carbocycles. The van der Waals surface area contributed by atoms with E-state index in [0.29, 0.717) is 18.7 Å². The Balaban J connectivity index is 1.84. The molecule has 0 saturated heterocycles.